The zero-order valence-electron chi connectivity index (χ0n) is 22.4. The van der Waals surface area contributed by atoms with Crippen LogP contribution in [0.5, 0.6) is 0 Å². The number of pyridine rings is 1. The van der Waals surface area contributed by atoms with Gasteiger partial charge in [-0.05, 0) is 61.1 Å². The third kappa shape index (κ3) is 5.11. The summed E-state index contributed by atoms with van der Waals surface area (Å²) in [5.41, 5.74) is 4.56. The van der Waals surface area contributed by atoms with Crippen LogP contribution in [0.3, 0.4) is 0 Å². The predicted octanol–water partition coefficient (Wildman–Crippen LogP) is 3.54. The molecule has 40 heavy (non-hydrogen) atoms. The maximum atomic E-state index is 13.9. The van der Waals surface area contributed by atoms with E-state index in [4.69, 9.17) is 4.99 Å². The van der Waals surface area contributed by atoms with Crippen LogP contribution in [-0.4, -0.2) is 83.5 Å². The van der Waals surface area contributed by atoms with Crippen LogP contribution in [0.1, 0.15) is 17.0 Å². The van der Waals surface area contributed by atoms with Gasteiger partial charge in [0.15, 0.2) is 0 Å². The first kappa shape index (κ1) is 25.8. The molecule has 1 unspecified atom stereocenters. The molecule has 0 saturated carbocycles. The summed E-state index contributed by atoms with van der Waals surface area (Å²) in [7, 11) is 3.87. The van der Waals surface area contributed by atoms with E-state index in [-0.39, 0.29) is 11.8 Å². The molecule has 4 aromatic rings. The largest absolute Gasteiger partial charge is 0.325 e. The minimum absolute atomic E-state index is 0.0293. The van der Waals surface area contributed by atoms with Gasteiger partial charge in [-0.1, -0.05) is 6.07 Å². The first-order valence-corrected chi connectivity index (χ1v) is 13.3. The number of imidazole rings is 1. The number of nitrogens with zero attached hydrogens (tertiary/aromatic N) is 6. The molecule has 0 aliphatic carbocycles. The molecule has 204 valence electrons. The van der Waals surface area contributed by atoms with Gasteiger partial charge in [-0.3, -0.25) is 19.5 Å². The van der Waals surface area contributed by atoms with Gasteiger partial charge in [0.25, 0.3) is 0 Å². The van der Waals surface area contributed by atoms with Crippen molar-refractivity contribution in [3.8, 4) is 0 Å². The fourth-order valence-corrected chi connectivity index (χ4v) is 5.21. The number of carbonyl (C=O) groups is 2. The van der Waals surface area contributed by atoms with Crippen LogP contribution < -0.4 is 10.2 Å². The molecular formula is C30H30FN7O2. The number of fused-ring (bicyclic) bond motifs is 2. The van der Waals surface area contributed by atoms with Crippen molar-refractivity contribution in [2.24, 2.45) is 4.99 Å². The summed E-state index contributed by atoms with van der Waals surface area (Å²) < 4.78 is 15.8. The molecule has 0 radical (unpaired) electrons. The van der Waals surface area contributed by atoms with E-state index in [0.29, 0.717) is 29.2 Å². The highest BCUT2D eigenvalue weighted by Crippen LogP contribution is 2.37. The summed E-state index contributed by atoms with van der Waals surface area (Å²) in [6, 6.07) is 15.4. The number of halogens is 1. The molecule has 2 aromatic heterocycles. The molecule has 1 saturated heterocycles. The Labute approximate surface area is 231 Å². The van der Waals surface area contributed by atoms with Crippen molar-refractivity contribution in [2.45, 2.75) is 5.92 Å². The highest BCUT2D eigenvalue weighted by atomic mass is 19.1. The lowest BCUT2D eigenvalue weighted by Crippen LogP contribution is -2.48. The Bertz CT molecular complexity index is 1610. The molecule has 9 nitrogen and oxygen atoms in total. The summed E-state index contributed by atoms with van der Waals surface area (Å²) in [6.45, 7) is 4.04. The first-order valence-electron chi connectivity index (χ1n) is 13.3. The highest BCUT2D eigenvalue weighted by molar-refractivity contribution is 6.24. The maximum Gasteiger partial charge on any atom is 0.240 e. The second-order valence-corrected chi connectivity index (χ2v) is 10.3. The number of carbonyl (C=O) groups excluding carboxylic acids is 2. The van der Waals surface area contributed by atoms with Gasteiger partial charge in [-0.25, -0.2) is 9.37 Å². The van der Waals surface area contributed by atoms with Crippen LogP contribution >= 0.6 is 0 Å². The highest BCUT2D eigenvalue weighted by Gasteiger charge is 2.36. The topological polar surface area (TPSA) is 85.6 Å². The van der Waals surface area contributed by atoms with E-state index in [1.807, 2.05) is 53.2 Å². The molecule has 6 rings (SSSR count). The fraction of sp³-hybridized carbons (Fsp3) is 0.267. The van der Waals surface area contributed by atoms with Crippen LogP contribution in [0.25, 0.3) is 5.65 Å². The summed E-state index contributed by atoms with van der Waals surface area (Å²) in [4.78, 5) is 41.5. The SMILES string of the molecule is CN1CCN(CC(=O)N(C)c2ccc(N=C(c3ccc4nccn4c3)C3C(=O)Nc4cc(F)ccc43)cc2)CC1. The van der Waals surface area contributed by atoms with E-state index in [9.17, 15) is 14.0 Å². The van der Waals surface area contributed by atoms with E-state index in [2.05, 4.69) is 27.1 Å². The van der Waals surface area contributed by atoms with Crippen molar-refractivity contribution in [3.05, 3.63) is 90.1 Å². The normalized spacial score (nSPS) is 18.1. The van der Waals surface area contributed by atoms with Crippen molar-refractivity contribution in [1.29, 1.82) is 0 Å². The zero-order chi connectivity index (χ0) is 27.8. The number of amides is 2. The summed E-state index contributed by atoms with van der Waals surface area (Å²) in [5.74, 6) is -1.37. The lowest BCUT2D eigenvalue weighted by Gasteiger charge is -2.32. The lowest BCUT2D eigenvalue weighted by atomic mass is 9.91. The van der Waals surface area contributed by atoms with Gasteiger partial charge in [0.2, 0.25) is 11.8 Å². The fourth-order valence-electron chi connectivity index (χ4n) is 5.21. The number of nitrogens with one attached hydrogen (secondary N) is 1. The number of aromatic nitrogens is 2. The average molecular weight is 540 g/mol. The van der Waals surface area contributed by atoms with E-state index in [1.165, 1.54) is 12.1 Å². The Kier molecular flexibility index (Phi) is 6.87. The van der Waals surface area contributed by atoms with Gasteiger partial charge in [0.1, 0.15) is 17.4 Å². The van der Waals surface area contributed by atoms with Crippen molar-refractivity contribution >= 4 is 40.2 Å². The first-order chi connectivity index (χ1) is 19.4. The Hall–Kier alpha value is -4.41. The number of hydrogen-bond donors (Lipinski definition) is 1. The molecular weight excluding hydrogens is 509 g/mol. The molecule has 2 aromatic carbocycles. The van der Waals surface area contributed by atoms with Crippen LogP contribution in [0.15, 0.2) is 78.2 Å². The van der Waals surface area contributed by atoms with Crippen LogP contribution in [0.2, 0.25) is 0 Å². The Morgan fingerprint density at radius 1 is 1.10 bits per heavy atom. The molecule has 2 aliphatic heterocycles. The van der Waals surface area contributed by atoms with Crippen LogP contribution in [0, 0.1) is 5.82 Å². The van der Waals surface area contributed by atoms with Gasteiger partial charge in [0, 0.05) is 68.8 Å². The number of anilines is 2. The molecule has 0 spiro atoms. The molecule has 2 aliphatic rings. The maximum absolute atomic E-state index is 13.9. The molecule has 1 N–H and O–H groups in total. The van der Waals surface area contributed by atoms with Gasteiger partial charge in [-0.15, -0.1) is 0 Å². The van der Waals surface area contributed by atoms with Gasteiger partial charge in [0.05, 0.1) is 17.9 Å². The summed E-state index contributed by atoms with van der Waals surface area (Å²) >= 11 is 0. The molecule has 0 bridgehead atoms. The van der Waals surface area contributed by atoms with Crippen molar-refractivity contribution in [3.63, 3.8) is 0 Å². The van der Waals surface area contributed by atoms with Gasteiger partial charge < -0.3 is 19.5 Å². The van der Waals surface area contributed by atoms with E-state index < -0.39 is 11.7 Å². The second kappa shape index (κ2) is 10.6. The molecule has 1 atom stereocenters. The number of aliphatic imine (C=N–C) groups is 1. The van der Waals surface area contributed by atoms with E-state index in [0.717, 1.165) is 43.1 Å². The summed E-state index contributed by atoms with van der Waals surface area (Å²) in [5, 5.41) is 2.80. The minimum atomic E-state index is -0.718. The van der Waals surface area contributed by atoms with Gasteiger partial charge in [-0.2, -0.15) is 0 Å². The Balaban J connectivity index is 1.30. The number of hydrogen-bond acceptors (Lipinski definition) is 6. The number of rotatable bonds is 6. The Morgan fingerprint density at radius 2 is 1.88 bits per heavy atom. The van der Waals surface area contributed by atoms with Crippen molar-refractivity contribution in [1.82, 2.24) is 19.2 Å². The van der Waals surface area contributed by atoms with Crippen LogP contribution in [-0.2, 0) is 9.59 Å². The third-order valence-electron chi connectivity index (χ3n) is 7.62. The second-order valence-electron chi connectivity index (χ2n) is 10.3. The average Bonchev–Trinajstić information content (AvgIpc) is 3.55. The predicted molar refractivity (Wildman–Crippen MR) is 153 cm³/mol. The van der Waals surface area contributed by atoms with Crippen LogP contribution in [0.4, 0.5) is 21.5 Å². The standard InChI is InChI=1S/C30H30FN7O2/c1-35-13-15-37(16-14-35)19-27(39)36(2)23-7-5-22(6-8-23)33-29(20-3-10-26-32-11-12-38(26)18-20)28-24-9-4-21(31)17-25(24)34-30(28)40/h3-12,17-18,28H,13-16,19H2,1-2H3,(H,34,40). The smallest absolute Gasteiger partial charge is 0.240 e. The molecule has 4 heterocycles. The quantitative estimate of drug-likeness (QED) is 0.379. The van der Waals surface area contributed by atoms with Crippen molar-refractivity contribution < 1.29 is 14.0 Å². The van der Waals surface area contributed by atoms with Gasteiger partial charge >= 0.3 is 0 Å². The monoisotopic (exact) mass is 539 g/mol. The number of benzene rings is 2. The lowest BCUT2D eigenvalue weighted by molar-refractivity contribution is -0.120. The molecule has 10 heteroatoms. The third-order valence-corrected chi connectivity index (χ3v) is 7.62. The zero-order valence-corrected chi connectivity index (χ0v) is 22.4. The molecule has 2 amide bonds. The Morgan fingerprint density at radius 3 is 2.65 bits per heavy atom. The molecule has 1 fully saturated rings. The van der Waals surface area contributed by atoms with Crippen molar-refractivity contribution in [2.75, 3.05) is 57.0 Å². The number of likely N-dealkylation sites (N-methyl/N-ethyl adjacent to an activating group) is 2. The van der Waals surface area contributed by atoms with E-state index in [1.54, 1.807) is 24.2 Å². The van der Waals surface area contributed by atoms with E-state index >= 15 is 0 Å². The summed E-state index contributed by atoms with van der Waals surface area (Å²) in [6.07, 6.45) is 5.42. The minimum Gasteiger partial charge on any atom is -0.325 e. The number of piperazine rings is 1.